The van der Waals surface area contributed by atoms with Gasteiger partial charge in [-0.05, 0) is 56.2 Å². The van der Waals surface area contributed by atoms with Crippen molar-refractivity contribution in [1.29, 1.82) is 0 Å². The number of rotatable bonds is 6. The lowest BCUT2D eigenvalue weighted by Gasteiger charge is -2.12. The van der Waals surface area contributed by atoms with Gasteiger partial charge in [0, 0.05) is 29.2 Å². The molecule has 3 aromatic rings. The third kappa shape index (κ3) is 4.99. The number of fused-ring (bicyclic) bond motifs is 1. The van der Waals surface area contributed by atoms with Crippen LogP contribution in [0.25, 0.3) is 10.9 Å². The van der Waals surface area contributed by atoms with Crippen LogP contribution < -0.4 is 10.6 Å². The van der Waals surface area contributed by atoms with Gasteiger partial charge in [0.2, 0.25) is 5.91 Å². The van der Waals surface area contributed by atoms with Crippen LogP contribution in [0.1, 0.15) is 47.4 Å². The number of carbonyl (C=O) groups is 2. The molecule has 2 amide bonds. The van der Waals surface area contributed by atoms with E-state index in [0.29, 0.717) is 12.1 Å². The van der Waals surface area contributed by atoms with Crippen molar-refractivity contribution in [3.63, 3.8) is 0 Å². The van der Waals surface area contributed by atoms with Gasteiger partial charge in [-0.15, -0.1) is 0 Å². The molecular weight excluding hydrogens is 362 g/mol. The minimum Gasteiger partial charge on any atom is -0.348 e. The molecule has 0 bridgehead atoms. The summed E-state index contributed by atoms with van der Waals surface area (Å²) in [7, 11) is 0. The number of aryl methyl sites for hydroxylation is 2. The van der Waals surface area contributed by atoms with E-state index in [2.05, 4.69) is 15.6 Å². The van der Waals surface area contributed by atoms with Crippen molar-refractivity contribution in [3.05, 3.63) is 70.9 Å². The quantitative estimate of drug-likeness (QED) is 0.638. The lowest BCUT2D eigenvalue weighted by Crippen LogP contribution is -2.23. The predicted molar refractivity (Wildman–Crippen MR) is 117 cm³/mol. The molecule has 1 heterocycles. The molecule has 0 aliphatic heterocycles. The number of pyridine rings is 1. The summed E-state index contributed by atoms with van der Waals surface area (Å²) in [6.07, 6.45) is 0.792. The number of benzene rings is 2. The molecule has 2 N–H and O–H groups in total. The summed E-state index contributed by atoms with van der Waals surface area (Å²) in [5.41, 5.74) is 4.99. The first-order chi connectivity index (χ1) is 13.9. The van der Waals surface area contributed by atoms with E-state index in [9.17, 15) is 9.59 Å². The maximum absolute atomic E-state index is 12.9. The van der Waals surface area contributed by atoms with Crippen LogP contribution in [-0.2, 0) is 11.3 Å². The zero-order valence-electron chi connectivity index (χ0n) is 17.4. The Kier molecular flexibility index (Phi) is 6.27. The summed E-state index contributed by atoms with van der Waals surface area (Å²) in [6, 6.07) is 15.3. The molecule has 5 heteroatoms. The molecule has 2 aromatic carbocycles. The first kappa shape index (κ1) is 20.5. The number of hydrogen-bond donors (Lipinski definition) is 2. The second-order valence-corrected chi connectivity index (χ2v) is 7.51. The van der Waals surface area contributed by atoms with Crippen LogP contribution in [0.4, 0.5) is 5.69 Å². The van der Waals surface area contributed by atoms with Gasteiger partial charge in [0.25, 0.3) is 5.91 Å². The van der Waals surface area contributed by atoms with E-state index in [4.69, 9.17) is 0 Å². The lowest BCUT2D eigenvalue weighted by molar-refractivity contribution is -0.119. The van der Waals surface area contributed by atoms with Crippen LogP contribution in [0.2, 0.25) is 0 Å². The second-order valence-electron chi connectivity index (χ2n) is 7.51. The van der Waals surface area contributed by atoms with Crippen LogP contribution in [-0.4, -0.2) is 16.8 Å². The lowest BCUT2D eigenvalue weighted by atomic mass is 10.0. The van der Waals surface area contributed by atoms with E-state index in [0.717, 1.165) is 39.8 Å². The Labute approximate surface area is 171 Å². The molecule has 1 atom stereocenters. The maximum Gasteiger partial charge on any atom is 0.252 e. The van der Waals surface area contributed by atoms with E-state index in [1.165, 1.54) is 0 Å². The molecule has 0 saturated heterocycles. The average molecular weight is 389 g/mol. The van der Waals surface area contributed by atoms with Crippen LogP contribution in [0.5, 0.6) is 0 Å². The van der Waals surface area contributed by atoms with Crippen LogP contribution in [0.3, 0.4) is 0 Å². The van der Waals surface area contributed by atoms with Gasteiger partial charge in [-0.1, -0.05) is 37.6 Å². The van der Waals surface area contributed by atoms with Crippen molar-refractivity contribution >= 4 is 28.4 Å². The molecule has 1 unspecified atom stereocenters. The Hall–Kier alpha value is -3.21. The van der Waals surface area contributed by atoms with E-state index < -0.39 is 0 Å². The van der Waals surface area contributed by atoms with E-state index >= 15 is 0 Å². The van der Waals surface area contributed by atoms with Gasteiger partial charge in [0.1, 0.15) is 0 Å². The van der Waals surface area contributed by atoms with Crippen molar-refractivity contribution in [2.24, 2.45) is 5.92 Å². The van der Waals surface area contributed by atoms with Gasteiger partial charge >= 0.3 is 0 Å². The SMILES string of the molecule is CCC(C)C(=O)Nc1cccc(CNC(=O)c2cc(C)nc3ccc(C)cc23)c1. The number of hydrogen-bond acceptors (Lipinski definition) is 3. The number of carbonyl (C=O) groups excluding carboxylic acids is 2. The standard InChI is InChI=1S/C24H27N3O2/c1-5-16(3)23(28)27-19-8-6-7-18(13-19)14-25-24(29)21-12-17(4)26-22-10-9-15(2)11-20(21)22/h6-13,16H,5,14H2,1-4H3,(H,25,29)(H,27,28). The summed E-state index contributed by atoms with van der Waals surface area (Å²) >= 11 is 0. The number of nitrogens with zero attached hydrogens (tertiary/aromatic N) is 1. The number of anilines is 1. The van der Waals surface area contributed by atoms with E-state index in [1.807, 2.05) is 76.2 Å². The van der Waals surface area contributed by atoms with Crippen molar-refractivity contribution < 1.29 is 9.59 Å². The molecule has 150 valence electrons. The topological polar surface area (TPSA) is 71.1 Å². The zero-order valence-corrected chi connectivity index (χ0v) is 17.4. The minimum absolute atomic E-state index is 0.00258. The van der Waals surface area contributed by atoms with E-state index in [-0.39, 0.29) is 17.7 Å². The Morgan fingerprint density at radius 1 is 1.07 bits per heavy atom. The fourth-order valence-corrected chi connectivity index (χ4v) is 3.15. The molecule has 0 spiro atoms. The van der Waals surface area contributed by atoms with Gasteiger partial charge in [-0.3, -0.25) is 14.6 Å². The number of amides is 2. The Balaban J connectivity index is 1.75. The fraction of sp³-hybridized carbons (Fsp3) is 0.292. The van der Waals surface area contributed by atoms with Gasteiger partial charge in [0.05, 0.1) is 11.1 Å². The molecule has 1 aromatic heterocycles. The molecule has 0 aliphatic carbocycles. The molecule has 0 aliphatic rings. The highest BCUT2D eigenvalue weighted by Crippen LogP contribution is 2.20. The summed E-state index contributed by atoms with van der Waals surface area (Å²) < 4.78 is 0. The highest BCUT2D eigenvalue weighted by Gasteiger charge is 2.13. The Morgan fingerprint density at radius 3 is 2.62 bits per heavy atom. The zero-order chi connectivity index (χ0) is 21.0. The monoisotopic (exact) mass is 389 g/mol. The largest absolute Gasteiger partial charge is 0.348 e. The third-order valence-electron chi connectivity index (χ3n) is 5.04. The first-order valence-electron chi connectivity index (χ1n) is 9.93. The second kappa shape index (κ2) is 8.86. The van der Waals surface area contributed by atoms with Crippen LogP contribution >= 0.6 is 0 Å². The van der Waals surface area contributed by atoms with Gasteiger partial charge in [-0.2, -0.15) is 0 Å². The smallest absolute Gasteiger partial charge is 0.252 e. The molecular formula is C24H27N3O2. The molecule has 0 saturated carbocycles. The summed E-state index contributed by atoms with van der Waals surface area (Å²) in [6.45, 7) is 8.16. The highest BCUT2D eigenvalue weighted by molar-refractivity contribution is 6.06. The van der Waals surface area contributed by atoms with Crippen molar-refractivity contribution in [3.8, 4) is 0 Å². The first-order valence-corrected chi connectivity index (χ1v) is 9.93. The minimum atomic E-state index is -0.139. The normalized spacial score (nSPS) is 11.9. The average Bonchev–Trinajstić information content (AvgIpc) is 2.71. The van der Waals surface area contributed by atoms with Crippen LogP contribution in [0.15, 0.2) is 48.5 Å². The molecule has 5 nitrogen and oxygen atoms in total. The Morgan fingerprint density at radius 2 is 1.86 bits per heavy atom. The summed E-state index contributed by atoms with van der Waals surface area (Å²) in [5.74, 6) is -0.173. The van der Waals surface area contributed by atoms with Gasteiger partial charge < -0.3 is 10.6 Å². The summed E-state index contributed by atoms with van der Waals surface area (Å²) in [5, 5.41) is 6.77. The van der Waals surface area contributed by atoms with Crippen LogP contribution in [0, 0.1) is 19.8 Å². The van der Waals surface area contributed by atoms with Crippen molar-refractivity contribution in [1.82, 2.24) is 10.3 Å². The molecule has 3 rings (SSSR count). The highest BCUT2D eigenvalue weighted by atomic mass is 16.2. The maximum atomic E-state index is 12.9. The molecule has 29 heavy (non-hydrogen) atoms. The fourth-order valence-electron chi connectivity index (χ4n) is 3.15. The molecule has 0 radical (unpaired) electrons. The van der Waals surface area contributed by atoms with Crippen molar-refractivity contribution in [2.75, 3.05) is 5.32 Å². The van der Waals surface area contributed by atoms with Gasteiger partial charge in [-0.25, -0.2) is 0 Å². The summed E-state index contributed by atoms with van der Waals surface area (Å²) in [4.78, 5) is 29.5. The Bertz CT molecular complexity index is 1060. The molecule has 0 fully saturated rings. The third-order valence-corrected chi connectivity index (χ3v) is 5.04. The van der Waals surface area contributed by atoms with Gasteiger partial charge in [0.15, 0.2) is 0 Å². The predicted octanol–water partition coefficient (Wildman–Crippen LogP) is 4.77. The number of aromatic nitrogens is 1. The van der Waals surface area contributed by atoms with Crippen molar-refractivity contribution in [2.45, 2.75) is 40.7 Å². The van der Waals surface area contributed by atoms with E-state index in [1.54, 1.807) is 0 Å². The number of nitrogens with one attached hydrogen (secondary N) is 2.